The SMILES string of the molecule is COc1ccc(C(=O)N2CCC(c3nccn3CC3CCC3)CC2)c(F)c1F. The molecule has 2 fully saturated rings. The Hall–Kier alpha value is -2.44. The van der Waals surface area contributed by atoms with Crippen LogP contribution in [0.15, 0.2) is 24.5 Å². The van der Waals surface area contributed by atoms with Crippen LogP contribution in [0.5, 0.6) is 5.75 Å². The Morgan fingerprint density at radius 2 is 1.93 bits per heavy atom. The van der Waals surface area contributed by atoms with Crippen LogP contribution < -0.4 is 4.74 Å². The van der Waals surface area contributed by atoms with E-state index in [-0.39, 0.29) is 17.2 Å². The lowest BCUT2D eigenvalue weighted by molar-refractivity contribution is 0.0704. The molecule has 2 aromatic rings. The fraction of sp³-hybridized carbons (Fsp3) is 0.524. The number of piperidine rings is 1. The number of carbonyl (C=O) groups excluding carboxylic acids is 1. The zero-order valence-corrected chi connectivity index (χ0v) is 16.0. The van der Waals surface area contributed by atoms with Crippen molar-refractivity contribution in [2.75, 3.05) is 20.2 Å². The van der Waals surface area contributed by atoms with Gasteiger partial charge in [0, 0.05) is 37.9 Å². The molecule has 1 saturated carbocycles. The van der Waals surface area contributed by atoms with Crippen molar-refractivity contribution in [1.82, 2.24) is 14.5 Å². The molecule has 1 aliphatic carbocycles. The van der Waals surface area contributed by atoms with Gasteiger partial charge in [-0.1, -0.05) is 6.42 Å². The van der Waals surface area contributed by atoms with Crippen LogP contribution >= 0.6 is 0 Å². The predicted molar refractivity (Wildman–Crippen MR) is 100 cm³/mol. The highest BCUT2D eigenvalue weighted by Gasteiger charge is 2.30. The van der Waals surface area contributed by atoms with Gasteiger partial charge in [-0.05, 0) is 43.7 Å². The monoisotopic (exact) mass is 389 g/mol. The summed E-state index contributed by atoms with van der Waals surface area (Å²) < 4.78 is 35.2. The number of hydrogen-bond donors (Lipinski definition) is 0. The van der Waals surface area contributed by atoms with Crippen molar-refractivity contribution < 1.29 is 18.3 Å². The summed E-state index contributed by atoms with van der Waals surface area (Å²) in [6.07, 6.45) is 9.32. The summed E-state index contributed by atoms with van der Waals surface area (Å²) in [5, 5.41) is 0. The molecule has 1 aliphatic heterocycles. The third kappa shape index (κ3) is 3.50. The van der Waals surface area contributed by atoms with Crippen LogP contribution in [0, 0.1) is 17.6 Å². The number of imidazole rings is 1. The van der Waals surface area contributed by atoms with Crippen molar-refractivity contribution in [2.24, 2.45) is 5.92 Å². The molecule has 0 bridgehead atoms. The zero-order valence-electron chi connectivity index (χ0n) is 16.0. The summed E-state index contributed by atoms with van der Waals surface area (Å²) in [7, 11) is 1.26. The molecule has 0 spiro atoms. The number of nitrogens with zero attached hydrogens (tertiary/aromatic N) is 3. The number of methoxy groups -OCH3 is 1. The van der Waals surface area contributed by atoms with Gasteiger partial charge in [-0.3, -0.25) is 4.79 Å². The first-order valence-electron chi connectivity index (χ1n) is 9.90. The maximum atomic E-state index is 14.3. The minimum Gasteiger partial charge on any atom is -0.494 e. The van der Waals surface area contributed by atoms with Crippen molar-refractivity contribution in [2.45, 2.75) is 44.6 Å². The summed E-state index contributed by atoms with van der Waals surface area (Å²) in [5.74, 6) is -0.829. The van der Waals surface area contributed by atoms with Gasteiger partial charge in [-0.2, -0.15) is 4.39 Å². The van der Waals surface area contributed by atoms with Crippen LogP contribution in [0.2, 0.25) is 0 Å². The molecular weight excluding hydrogens is 364 g/mol. The molecule has 7 heteroatoms. The van der Waals surface area contributed by atoms with E-state index in [0.717, 1.165) is 31.1 Å². The quantitative estimate of drug-likeness (QED) is 0.777. The van der Waals surface area contributed by atoms with Crippen molar-refractivity contribution in [3.8, 4) is 5.75 Å². The molecule has 4 rings (SSSR count). The number of hydrogen-bond acceptors (Lipinski definition) is 3. The normalized spacial score (nSPS) is 18.2. The molecule has 28 heavy (non-hydrogen) atoms. The molecule has 0 N–H and O–H groups in total. The highest BCUT2D eigenvalue weighted by Crippen LogP contribution is 2.32. The fourth-order valence-corrected chi connectivity index (χ4v) is 4.15. The maximum absolute atomic E-state index is 14.3. The lowest BCUT2D eigenvalue weighted by atomic mass is 9.85. The van der Waals surface area contributed by atoms with Gasteiger partial charge in [-0.25, -0.2) is 9.37 Å². The molecule has 1 saturated heterocycles. The first-order valence-corrected chi connectivity index (χ1v) is 9.90. The molecule has 2 heterocycles. The lowest BCUT2D eigenvalue weighted by Gasteiger charge is -2.33. The topological polar surface area (TPSA) is 47.4 Å². The van der Waals surface area contributed by atoms with E-state index in [9.17, 15) is 13.6 Å². The maximum Gasteiger partial charge on any atom is 0.256 e. The Morgan fingerprint density at radius 3 is 2.57 bits per heavy atom. The number of ether oxygens (including phenoxy) is 1. The van der Waals surface area contributed by atoms with E-state index in [0.29, 0.717) is 13.1 Å². The number of carbonyl (C=O) groups is 1. The van der Waals surface area contributed by atoms with Gasteiger partial charge in [0.25, 0.3) is 5.91 Å². The molecule has 1 aromatic heterocycles. The third-order valence-corrected chi connectivity index (χ3v) is 6.07. The minimum absolute atomic E-state index is 0.203. The van der Waals surface area contributed by atoms with E-state index in [1.807, 2.05) is 12.4 Å². The summed E-state index contributed by atoms with van der Waals surface area (Å²) in [6, 6.07) is 2.58. The number of rotatable bonds is 5. The van der Waals surface area contributed by atoms with Crippen LogP contribution in [-0.4, -0.2) is 40.6 Å². The fourth-order valence-electron chi connectivity index (χ4n) is 4.15. The standard InChI is InChI=1S/C21H25F2N3O2/c1-28-17-6-5-16(18(22)19(17)23)21(27)25-10-7-15(8-11-25)20-24-9-12-26(20)13-14-3-2-4-14/h5-6,9,12,14-15H,2-4,7-8,10-11,13H2,1H3. The van der Waals surface area contributed by atoms with Gasteiger partial charge in [0.15, 0.2) is 11.6 Å². The molecule has 1 aromatic carbocycles. The van der Waals surface area contributed by atoms with E-state index in [1.165, 1.54) is 38.5 Å². The van der Waals surface area contributed by atoms with Crippen molar-refractivity contribution in [3.05, 3.63) is 47.5 Å². The first kappa shape index (κ1) is 18.9. The second kappa shape index (κ2) is 7.89. The molecule has 2 aliphatic rings. The van der Waals surface area contributed by atoms with Crippen LogP contribution in [0.3, 0.4) is 0 Å². The number of benzene rings is 1. The molecule has 0 atom stereocenters. The van der Waals surface area contributed by atoms with Gasteiger partial charge >= 0.3 is 0 Å². The summed E-state index contributed by atoms with van der Waals surface area (Å²) in [5.41, 5.74) is -0.247. The lowest BCUT2D eigenvalue weighted by Crippen LogP contribution is -2.39. The second-order valence-electron chi connectivity index (χ2n) is 7.74. The molecule has 150 valence electrons. The number of amides is 1. The molecule has 0 unspecified atom stereocenters. The average Bonchev–Trinajstić information content (AvgIpc) is 3.15. The van der Waals surface area contributed by atoms with E-state index < -0.39 is 17.5 Å². The smallest absolute Gasteiger partial charge is 0.256 e. The number of aromatic nitrogens is 2. The van der Waals surface area contributed by atoms with Gasteiger partial charge in [0.05, 0.1) is 12.7 Å². The summed E-state index contributed by atoms with van der Waals surface area (Å²) in [4.78, 5) is 18.8. The van der Waals surface area contributed by atoms with Crippen molar-refractivity contribution in [3.63, 3.8) is 0 Å². The van der Waals surface area contributed by atoms with Gasteiger partial charge in [-0.15, -0.1) is 0 Å². The Balaban J connectivity index is 1.41. The molecule has 5 nitrogen and oxygen atoms in total. The Labute approximate surface area is 163 Å². The van der Waals surface area contributed by atoms with Gasteiger partial charge in [0.1, 0.15) is 5.82 Å². The Bertz CT molecular complexity index is 855. The third-order valence-electron chi connectivity index (χ3n) is 6.07. The van der Waals surface area contributed by atoms with E-state index in [1.54, 1.807) is 4.90 Å². The minimum atomic E-state index is -1.15. The van der Waals surface area contributed by atoms with E-state index >= 15 is 0 Å². The van der Waals surface area contributed by atoms with E-state index in [4.69, 9.17) is 4.74 Å². The number of likely N-dealkylation sites (tertiary alicyclic amines) is 1. The van der Waals surface area contributed by atoms with Gasteiger partial charge in [0.2, 0.25) is 5.82 Å². The molecule has 0 radical (unpaired) electrons. The van der Waals surface area contributed by atoms with E-state index in [2.05, 4.69) is 9.55 Å². The first-order chi connectivity index (χ1) is 13.6. The van der Waals surface area contributed by atoms with Crippen molar-refractivity contribution in [1.29, 1.82) is 0 Å². The van der Waals surface area contributed by atoms with Crippen LogP contribution in [0.4, 0.5) is 8.78 Å². The average molecular weight is 389 g/mol. The second-order valence-corrected chi connectivity index (χ2v) is 7.74. The van der Waals surface area contributed by atoms with Gasteiger partial charge < -0.3 is 14.2 Å². The molecular formula is C21H25F2N3O2. The largest absolute Gasteiger partial charge is 0.494 e. The van der Waals surface area contributed by atoms with Crippen LogP contribution in [0.25, 0.3) is 0 Å². The zero-order chi connectivity index (χ0) is 19.7. The summed E-state index contributed by atoms with van der Waals surface area (Å²) in [6.45, 7) is 2.03. The van der Waals surface area contributed by atoms with Crippen LogP contribution in [0.1, 0.15) is 54.2 Å². The highest BCUT2D eigenvalue weighted by molar-refractivity contribution is 5.94. The summed E-state index contributed by atoms with van der Waals surface area (Å²) >= 11 is 0. The number of halogens is 2. The molecule has 1 amide bonds. The van der Waals surface area contributed by atoms with Crippen LogP contribution in [-0.2, 0) is 6.54 Å². The highest BCUT2D eigenvalue weighted by atomic mass is 19.2. The Kier molecular flexibility index (Phi) is 5.33. The predicted octanol–water partition coefficient (Wildman–Crippen LogP) is 3.99. The Morgan fingerprint density at radius 1 is 1.18 bits per heavy atom. The van der Waals surface area contributed by atoms with Crippen molar-refractivity contribution >= 4 is 5.91 Å².